The van der Waals surface area contributed by atoms with Crippen molar-refractivity contribution >= 4 is 57.4 Å². The summed E-state index contributed by atoms with van der Waals surface area (Å²) in [5, 5.41) is 1.11. The van der Waals surface area contributed by atoms with Crippen LogP contribution in [-0.4, -0.2) is 6.85 Å². The van der Waals surface area contributed by atoms with Gasteiger partial charge in [-0.3, -0.25) is 0 Å². The van der Waals surface area contributed by atoms with Crippen LogP contribution in [0.25, 0.3) is 55.5 Å². The Morgan fingerprint density at radius 2 is 1.16 bits per heavy atom. The van der Waals surface area contributed by atoms with Gasteiger partial charge in [0.15, 0.2) is 0 Å². The number of benzene rings is 8. The van der Waals surface area contributed by atoms with Gasteiger partial charge in [-0.2, -0.15) is 0 Å². The summed E-state index contributed by atoms with van der Waals surface area (Å²) in [5.74, 6) is 0. The van der Waals surface area contributed by atoms with E-state index in [1.54, 1.807) is 0 Å². The number of nitrogens with zero attached hydrogens (tertiary/aromatic N) is 2. The fourth-order valence-electron chi connectivity index (χ4n) is 12.8. The summed E-state index contributed by atoms with van der Waals surface area (Å²) in [5.41, 5.74) is 25.7. The molecular formula is C65H59BN2O. The zero-order valence-corrected chi connectivity index (χ0v) is 41.5. The van der Waals surface area contributed by atoms with Crippen molar-refractivity contribution in [3.63, 3.8) is 0 Å². The van der Waals surface area contributed by atoms with E-state index < -0.39 is 0 Å². The quantitative estimate of drug-likeness (QED) is 0.164. The van der Waals surface area contributed by atoms with Gasteiger partial charge in [-0.15, -0.1) is 0 Å². The molecule has 4 aliphatic rings. The van der Waals surface area contributed by atoms with E-state index in [1.165, 1.54) is 101 Å². The summed E-state index contributed by atoms with van der Waals surface area (Å²) in [4.78, 5) is 5.26. The Morgan fingerprint density at radius 3 is 1.91 bits per heavy atom. The SMILES string of the molecule is CC(C)(C)c1ccc(N2c3cc4c(c5c3B(c3oc6ccccc6c32)N(c2ccc3c(c2)C(C)(C)CCC3(C)C)c2ccc(-c3ccccc3)cc2-5)-c2ccccc2C4(C)C)c(-c2ccccc2)c1. The molecule has 338 valence electrons. The van der Waals surface area contributed by atoms with Crippen LogP contribution < -0.4 is 20.8 Å². The van der Waals surface area contributed by atoms with E-state index in [9.17, 15) is 0 Å². The lowest BCUT2D eigenvalue weighted by molar-refractivity contribution is 0.332. The summed E-state index contributed by atoms with van der Waals surface area (Å²) >= 11 is 0. The Morgan fingerprint density at radius 1 is 0.493 bits per heavy atom. The van der Waals surface area contributed by atoms with E-state index >= 15 is 0 Å². The van der Waals surface area contributed by atoms with Crippen molar-refractivity contribution in [3.8, 4) is 44.5 Å². The molecule has 2 aliphatic carbocycles. The molecule has 0 atom stereocenters. The molecule has 0 N–H and O–H groups in total. The van der Waals surface area contributed by atoms with Gasteiger partial charge in [-0.25, -0.2) is 0 Å². The first-order chi connectivity index (χ1) is 33.1. The standard InChI is InChI=1S/C65H59BN2O/c1-62(2,3)43-29-33-53(47(37-43)41-22-14-11-15-23-41)67-55-39-52-57(45-24-16-18-26-49(45)65(52,8)9)58-48-36-42(40-20-12-10-13-21-40)28-32-54(48)68(44-30-31-50-51(38-44)64(6,7)35-34-63(50,4)5)66(59(55)58)61-60(67)46-25-17-19-27-56(46)69-61/h10-33,36-39H,34-35H2,1-9H3. The van der Waals surface area contributed by atoms with Crippen molar-refractivity contribution < 1.29 is 4.42 Å². The topological polar surface area (TPSA) is 19.6 Å². The average molecular weight is 895 g/mol. The lowest BCUT2D eigenvalue weighted by atomic mass is 9.45. The van der Waals surface area contributed by atoms with Crippen LogP contribution in [0.15, 0.2) is 174 Å². The van der Waals surface area contributed by atoms with Crippen molar-refractivity contribution in [2.24, 2.45) is 0 Å². The predicted molar refractivity (Wildman–Crippen MR) is 292 cm³/mol. The van der Waals surface area contributed by atoms with Crippen LogP contribution in [0.1, 0.15) is 103 Å². The molecule has 0 unspecified atom stereocenters. The molecule has 8 aromatic carbocycles. The highest BCUT2D eigenvalue weighted by Gasteiger charge is 2.52. The minimum absolute atomic E-state index is 0.0246. The third-order valence-electron chi connectivity index (χ3n) is 16.7. The maximum atomic E-state index is 7.51. The maximum Gasteiger partial charge on any atom is 0.375 e. The van der Waals surface area contributed by atoms with Gasteiger partial charge in [0.2, 0.25) is 0 Å². The monoisotopic (exact) mass is 894 g/mol. The number of fused-ring (bicyclic) bond motifs is 11. The van der Waals surface area contributed by atoms with Gasteiger partial charge in [0.25, 0.3) is 0 Å². The predicted octanol–water partition coefficient (Wildman–Crippen LogP) is 16.4. The van der Waals surface area contributed by atoms with Crippen molar-refractivity contribution in [3.05, 3.63) is 198 Å². The highest BCUT2D eigenvalue weighted by Crippen LogP contribution is 2.59. The third-order valence-corrected chi connectivity index (χ3v) is 16.7. The Balaban J connectivity index is 1.21. The molecule has 1 aromatic heterocycles. The molecule has 0 bridgehead atoms. The van der Waals surface area contributed by atoms with Gasteiger partial charge in [0, 0.05) is 39.0 Å². The summed E-state index contributed by atoms with van der Waals surface area (Å²) < 4.78 is 7.51. The lowest BCUT2D eigenvalue weighted by Crippen LogP contribution is -2.61. The van der Waals surface area contributed by atoms with E-state index in [-0.39, 0.29) is 28.5 Å². The first-order valence-corrected chi connectivity index (χ1v) is 25.1. The van der Waals surface area contributed by atoms with Crippen LogP contribution in [0.2, 0.25) is 0 Å². The second kappa shape index (κ2) is 14.5. The first kappa shape index (κ1) is 42.1. The lowest BCUT2D eigenvalue weighted by Gasteiger charge is -2.46. The largest absolute Gasteiger partial charge is 0.466 e. The van der Waals surface area contributed by atoms with Crippen LogP contribution in [0.4, 0.5) is 28.4 Å². The molecule has 69 heavy (non-hydrogen) atoms. The van der Waals surface area contributed by atoms with E-state index in [1.807, 2.05) is 0 Å². The van der Waals surface area contributed by atoms with Crippen molar-refractivity contribution in [2.45, 2.75) is 96.8 Å². The van der Waals surface area contributed by atoms with E-state index in [2.05, 4.69) is 242 Å². The molecule has 9 aromatic rings. The van der Waals surface area contributed by atoms with Gasteiger partial charge in [-0.1, -0.05) is 178 Å². The second-order valence-corrected chi connectivity index (χ2v) is 23.1. The molecule has 0 saturated carbocycles. The van der Waals surface area contributed by atoms with E-state index in [4.69, 9.17) is 4.42 Å². The summed E-state index contributed by atoms with van der Waals surface area (Å²) in [6.07, 6.45) is 2.31. The fourth-order valence-corrected chi connectivity index (χ4v) is 12.8. The van der Waals surface area contributed by atoms with Gasteiger partial charge in [-0.05, 0) is 150 Å². The minimum atomic E-state index is -0.281. The van der Waals surface area contributed by atoms with Gasteiger partial charge in [0.05, 0.1) is 11.4 Å². The number of rotatable bonds is 4. The molecule has 0 radical (unpaired) electrons. The number of para-hydroxylation sites is 1. The molecule has 3 nitrogen and oxygen atoms in total. The van der Waals surface area contributed by atoms with E-state index in [0.29, 0.717) is 0 Å². The van der Waals surface area contributed by atoms with Gasteiger partial charge >= 0.3 is 6.85 Å². The molecule has 3 heterocycles. The Bertz CT molecular complexity index is 3590. The number of hydrogen-bond acceptors (Lipinski definition) is 3. The minimum Gasteiger partial charge on any atom is -0.466 e. The zero-order valence-electron chi connectivity index (χ0n) is 41.5. The second-order valence-electron chi connectivity index (χ2n) is 23.1. The van der Waals surface area contributed by atoms with Crippen LogP contribution in [0.3, 0.4) is 0 Å². The number of anilines is 5. The molecule has 4 heteroatoms. The normalized spacial score (nSPS) is 16.6. The van der Waals surface area contributed by atoms with Gasteiger partial charge < -0.3 is 14.1 Å². The molecule has 2 aliphatic heterocycles. The van der Waals surface area contributed by atoms with Crippen molar-refractivity contribution in [1.29, 1.82) is 0 Å². The zero-order chi connectivity index (χ0) is 47.4. The molecule has 0 spiro atoms. The Labute approximate surface area is 408 Å². The summed E-state index contributed by atoms with van der Waals surface area (Å²) in [6.45, 7) is 21.3. The van der Waals surface area contributed by atoms with Crippen LogP contribution in [-0.2, 0) is 21.7 Å². The highest BCUT2D eigenvalue weighted by atomic mass is 16.3. The van der Waals surface area contributed by atoms with Gasteiger partial charge in [0.1, 0.15) is 11.2 Å². The molecule has 0 fully saturated rings. The molecule has 0 amide bonds. The fraction of sp³-hybridized carbons (Fsp3) is 0.231. The summed E-state index contributed by atoms with van der Waals surface area (Å²) in [6, 6.07) is 64.3. The van der Waals surface area contributed by atoms with Crippen molar-refractivity contribution in [1.82, 2.24) is 0 Å². The molecule has 13 rings (SSSR count). The highest BCUT2D eigenvalue weighted by molar-refractivity contribution is 6.93. The smallest absolute Gasteiger partial charge is 0.375 e. The van der Waals surface area contributed by atoms with Crippen LogP contribution in [0, 0.1) is 0 Å². The van der Waals surface area contributed by atoms with E-state index in [0.717, 1.165) is 34.4 Å². The first-order valence-electron chi connectivity index (χ1n) is 25.1. The van der Waals surface area contributed by atoms with Crippen LogP contribution in [0.5, 0.6) is 0 Å². The third kappa shape index (κ3) is 6.06. The number of furan rings is 1. The van der Waals surface area contributed by atoms with Crippen LogP contribution >= 0.6 is 0 Å². The Hall–Kier alpha value is -7.04. The Kier molecular flexibility index (Phi) is 8.85. The summed E-state index contributed by atoms with van der Waals surface area (Å²) in [7, 11) is 0. The molecular weight excluding hydrogens is 836 g/mol. The number of hydrogen-bond donors (Lipinski definition) is 0. The maximum absolute atomic E-state index is 7.51. The average Bonchev–Trinajstić information content (AvgIpc) is 3.85. The van der Waals surface area contributed by atoms with Crippen molar-refractivity contribution in [2.75, 3.05) is 9.71 Å². The molecule has 0 saturated heterocycles.